The lowest BCUT2D eigenvalue weighted by atomic mass is 9.79. The highest BCUT2D eigenvalue weighted by Crippen LogP contribution is 2.28. The first-order valence-corrected chi connectivity index (χ1v) is 7.43. The lowest BCUT2D eigenvalue weighted by Gasteiger charge is -2.46. The topological polar surface area (TPSA) is 70.2 Å². The Morgan fingerprint density at radius 2 is 1.70 bits per heavy atom. The Hall–Kier alpha value is -1.10. The molecule has 0 aromatic heterocycles. The molecule has 0 radical (unpaired) electrons. The van der Waals surface area contributed by atoms with Crippen molar-refractivity contribution in [2.45, 2.75) is 77.4 Å². The molecule has 0 saturated carbocycles. The third-order valence-electron chi connectivity index (χ3n) is 3.51. The summed E-state index contributed by atoms with van der Waals surface area (Å²) >= 11 is 0. The predicted octanol–water partition coefficient (Wildman–Crippen LogP) is 1.33. The average Bonchev–Trinajstić information content (AvgIpc) is 2.19. The van der Waals surface area contributed by atoms with E-state index in [0.29, 0.717) is 19.4 Å². The van der Waals surface area contributed by atoms with Crippen LogP contribution in [0, 0.1) is 0 Å². The highest BCUT2D eigenvalue weighted by molar-refractivity contribution is 5.76. The lowest BCUT2D eigenvalue weighted by molar-refractivity contribution is -0.123. The normalized spacial score (nSPS) is 21.2. The molecule has 1 heterocycles. The Morgan fingerprint density at radius 1 is 1.15 bits per heavy atom. The molecule has 1 aliphatic heterocycles. The molecule has 5 nitrogen and oxygen atoms in total. The summed E-state index contributed by atoms with van der Waals surface area (Å²) in [5.41, 5.74) is 0.0752. The van der Waals surface area contributed by atoms with Gasteiger partial charge in [-0.15, -0.1) is 0 Å². The van der Waals surface area contributed by atoms with Gasteiger partial charge in [-0.3, -0.25) is 9.59 Å². The number of rotatable bonds is 5. The number of carbonyl (C=O) groups is 2. The number of amides is 2. The molecule has 0 bridgehead atoms. The van der Waals surface area contributed by atoms with Crippen LogP contribution < -0.4 is 16.0 Å². The summed E-state index contributed by atoms with van der Waals surface area (Å²) in [5.74, 6) is 0.0288. The van der Waals surface area contributed by atoms with Crippen molar-refractivity contribution in [1.82, 2.24) is 16.0 Å². The monoisotopic (exact) mass is 283 g/mol. The fourth-order valence-corrected chi connectivity index (χ4v) is 3.24. The molecule has 3 N–H and O–H groups in total. The van der Waals surface area contributed by atoms with Gasteiger partial charge < -0.3 is 16.0 Å². The summed E-state index contributed by atoms with van der Waals surface area (Å²) in [6, 6.07) is 0.217. The standard InChI is InChI=1S/C15H29N3O2/c1-11(19)16-8-6-7-13(20)17-12-9-14(2,3)18-15(4,5)10-12/h12,18H,6-10H2,1-5H3,(H,16,19)(H,17,20). The molecular formula is C15H29N3O2. The second-order valence-corrected chi connectivity index (χ2v) is 7.15. The Labute approximate surface area is 122 Å². The van der Waals surface area contributed by atoms with Gasteiger partial charge in [-0.1, -0.05) is 0 Å². The summed E-state index contributed by atoms with van der Waals surface area (Å²) in [6.07, 6.45) is 3.02. The second kappa shape index (κ2) is 6.57. The van der Waals surface area contributed by atoms with E-state index in [1.54, 1.807) is 0 Å². The van der Waals surface area contributed by atoms with Crippen LogP contribution in [0.15, 0.2) is 0 Å². The summed E-state index contributed by atoms with van der Waals surface area (Å²) in [6.45, 7) is 10.7. The molecule has 5 heteroatoms. The molecule has 0 spiro atoms. The van der Waals surface area contributed by atoms with Gasteiger partial charge in [0.1, 0.15) is 0 Å². The smallest absolute Gasteiger partial charge is 0.220 e. The van der Waals surface area contributed by atoms with Crippen molar-refractivity contribution in [2.75, 3.05) is 6.54 Å². The number of nitrogens with one attached hydrogen (secondary N) is 3. The van der Waals surface area contributed by atoms with E-state index in [9.17, 15) is 9.59 Å². The van der Waals surface area contributed by atoms with E-state index < -0.39 is 0 Å². The fourth-order valence-electron chi connectivity index (χ4n) is 3.24. The Morgan fingerprint density at radius 3 is 2.20 bits per heavy atom. The maximum atomic E-state index is 11.9. The third-order valence-corrected chi connectivity index (χ3v) is 3.51. The van der Waals surface area contributed by atoms with Crippen molar-refractivity contribution < 1.29 is 9.59 Å². The third kappa shape index (κ3) is 6.37. The Bertz CT molecular complexity index is 348. The Balaban J connectivity index is 2.36. The van der Waals surface area contributed by atoms with Crippen molar-refractivity contribution in [3.05, 3.63) is 0 Å². The van der Waals surface area contributed by atoms with Crippen molar-refractivity contribution in [3.8, 4) is 0 Å². The van der Waals surface area contributed by atoms with Gasteiger partial charge in [0.15, 0.2) is 0 Å². The van der Waals surface area contributed by atoms with Crippen LogP contribution in [0.4, 0.5) is 0 Å². The summed E-state index contributed by atoms with van der Waals surface area (Å²) in [7, 11) is 0. The lowest BCUT2D eigenvalue weighted by Crippen LogP contribution is -2.62. The van der Waals surface area contributed by atoms with E-state index in [1.165, 1.54) is 6.92 Å². The number of hydrogen-bond acceptors (Lipinski definition) is 3. The maximum absolute atomic E-state index is 11.9. The highest BCUT2D eigenvalue weighted by atomic mass is 16.2. The van der Waals surface area contributed by atoms with Crippen molar-refractivity contribution in [3.63, 3.8) is 0 Å². The molecule has 0 unspecified atom stereocenters. The molecule has 1 rings (SSSR count). The van der Waals surface area contributed by atoms with E-state index in [4.69, 9.17) is 0 Å². The predicted molar refractivity (Wildman–Crippen MR) is 80.4 cm³/mol. The van der Waals surface area contributed by atoms with E-state index >= 15 is 0 Å². The molecule has 0 aromatic rings. The first-order valence-electron chi connectivity index (χ1n) is 7.43. The van der Waals surface area contributed by atoms with Crippen LogP contribution in [0.5, 0.6) is 0 Å². The van der Waals surface area contributed by atoms with Gasteiger partial charge in [0.25, 0.3) is 0 Å². The minimum absolute atomic E-state index is 0.0376. The molecule has 0 atom stereocenters. The van der Waals surface area contributed by atoms with E-state index in [2.05, 4.69) is 43.6 Å². The van der Waals surface area contributed by atoms with Crippen LogP contribution in [-0.4, -0.2) is 35.5 Å². The van der Waals surface area contributed by atoms with Crippen LogP contribution in [0.2, 0.25) is 0 Å². The van der Waals surface area contributed by atoms with Crippen LogP contribution in [0.3, 0.4) is 0 Å². The molecule has 0 aliphatic carbocycles. The highest BCUT2D eigenvalue weighted by Gasteiger charge is 2.37. The molecule has 20 heavy (non-hydrogen) atoms. The molecule has 1 saturated heterocycles. The van der Waals surface area contributed by atoms with Gasteiger partial charge in [0, 0.05) is 37.0 Å². The van der Waals surface area contributed by atoms with E-state index in [-0.39, 0.29) is 28.9 Å². The SMILES string of the molecule is CC(=O)NCCCC(=O)NC1CC(C)(C)NC(C)(C)C1. The summed E-state index contributed by atoms with van der Waals surface area (Å²) in [4.78, 5) is 22.7. The zero-order chi connectivity index (χ0) is 15.4. The average molecular weight is 283 g/mol. The van der Waals surface area contributed by atoms with Crippen LogP contribution >= 0.6 is 0 Å². The van der Waals surface area contributed by atoms with Crippen molar-refractivity contribution >= 4 is 11.8 Å². The quantitative estimate of drug-likeness (QED) is 0.667. The second-order valence-electron chi connectivity index (χ2n) is 7.15. The summed E-state index contributed by atoms with van der Waals surface area (Å²) < 4.78 is 0. The van der Waals surface area contributed by atoms with Gasteiger partial charge in [-0.2, -0.15) is 0 Å². The number of piperidine rings is 1. The van der Waals surface area contributed by atoms with E-state index in [1.807, 2.05) is 0 Å². The zero-order valence-corrected chi connectivity index (χ0v) is 13.4. The fraction of sp³-hybridized carbons (Fsp3) is 0.867. The molecular weight excluding hydrogens is 254 g/mol. The molecule has 2 amide bonds. The largest absolute Gasteiger partial charge is 0.356 e. The zero-order valence-electron chi connectivity index (χ0n) is 13.4. The van der Waals surface area contributed by atoms with Crippen molar-refractivity contribution in [2.24, 2.45) is 0 Å². The molecule has 1 fully saturated rings. The minimum atomic E-state index is -0.0488. The number of carbonyl (C=O) groups excluding carboxylic acids is 2. The first kappa shape index (κ1) is 17.0. The van der Waals surface area contributed by atoms with Crippen LogP contribution in [-0.2, 0) is 9.59 Å². The summed E-state index contributed by atoms with van der Waals surface area (Å²) in [5, 5.41) is 9.43. The van der Waals surface area contributed by atoms with E-state index in [0.717, 1.165) is 12.8 Å². The van der Waals surface area contributed by atoms with Crippen LogP contribution in [0.1, 0.15) is 60.3 Å². The van der Waals surface area contributed by atoms with Crippen molar-refractivity contribution in [1.29, 1.82) is 0 Å². The van der Waals surface area contributed by atoms with Gasteiger partial charge in [0.2, 0.25) is 11.8 Å². The molecule has 1 aliphatic rings. The molecule has 116 valence electrons. The Kier molecular flexibility index (Phi) is 5.57. The first-order chi connectivity index (χ1) is 9.10. The van der Waals surface area contributed by atoms with Gasteiger partial charge >= 0.3 is 0 Å². The van der Waals surface area contributed by atoms with Gasteiger partial charge in [-0.25, -0.2) is 0 Å². The number of hydrogen-bond donors (Lipinski definition) is 3. The minimum Gasteiger partial charge on any atom is -0.356 e. The molecule has 0 aromatic carbocycles. The van der Waals surface area contributed by atoms with Gasteiger partial charge in [0.05, 0.1) is 0 Å². The van der Waals surface area contributed by atoms with Crippen LogP contribution in [0.25, 0.3) is 0 Å². The van der Waals surface area contributed by atoms with Gasteiger partial charge in [-0.05, 0) is 47.0 Å². The maximum Gasteiger partial charge on any atom is 0.220 e.